The first-order valence-corrected chi connectivity index (χ1v) is 8.73. The van der Waals surface area contributed by atoms with Crippen molar-refractivity contribution in [3.8, 4) is 5.75 Å². The molecule has 0 radical (unpaired) electrons. The lowest BCUT2D eigenvalue weighted by Crippen LogP contribution is -2.17. The molecular formula is C11H11Cl2F3O5S. The molecule has 0 amide bonds. The number of hydrogen-bond acceptors (Lipinski definition) is 5. The third-order valence-electron chi connectivity index (χ3n) is 1.74. The van der Waals surface area contributed by atoms with E-state index in [9.17, 15) is 18.0 Å². The van der Waals surface area contributed by atoms with Gasteiger partial charge in [0, 0.05) is 21.4 Å². The van der Waals surface area contributed by atoms with Gasteiger partial charge in [-0.05, 0) is 24.6 Å². The zero-order chi connectivity index (χ0) is 17.4. The van der Waals surface area contributed by atoms with Crippen molar-refractivity contribution in [3.05, 3.63) is 29.8 Å². The Balaban J connectivity index is 0.000000763. The van der Waals surface area contributed by atoms with Crippen LogP contribution >= 0.6 is 21.4 Å². The van der Waals surface area contributed by atoms with Crippen LogP contribution in [0, 0.1) is 0 Å². The Kier molecular flexibility index (Phi) is 8.57. The van der Waals surface area contributed by atoms with Crippen LogP contribution in [0.4, 0.5) is 13.2 Å². The topological polar surface area (TPSA) is 69.7 Å². The molecule has 0 fully saturated rings. The highest BCUT2D eigenvalue weighted by atomic mass is 36.0. The molecule has 0 aliphatic heterocycles. The quantitative estimate of drug-likeness (QED) is 0.583. The summed E-state index contributed by atoms with van der Waals surface area (Å²) in [5, 5.41) is 0. The molecule has 1 aromatic carbocycles. The maximum absolute atomic E-state index is 11.9. The van der Waals surface area contributed by atoms with Gasteiger partial charge in [-0.3, -0.25) is 0 Å². The van der Waals surface area contributed by atoms with Gasteiger partial charge >= 0.3 is 20.6 Å². The Morgan fingerprint density at radius 1 is 1.27 bits per heavy atom. The molecule has 0 bridgehead atoms. The number of benzene rings is 1. The van der Waals surface area contributed by atoms with E-state index in [1.807, 2.05) is 6.92 Å². The van der Waals surface area contributed by atoms with Crippen molar-refractivity contribution >= 4 is 35.6 Å². The van der Waals surface area contributed by atoms with Crippen LogP contribution < -0.4 is 4.74 Å². The van der Waals surface area contributed by atoms with Crippen LogP contribution in [-0.4, -0.2) is 27.4 Å². The van der Waals surface area contributed by atoms with Crippen LogP contribution in [-0.2, 0) is 13.0 Å². The first-order chi connectivity index (χ1) is 9.92. The summed E-state index contributed by atoms with van der Waals surface area (Å²) in [5.74, 6) is -1.11. The SMILES string of the molecule is CCCOC(=O)c1cccc(OC(F)(F)F)c1.O=S(=O)(Cl)Cl. The third kappa shape index (κ3) is 12.5. The van der Waals surface area contributed by atoms with E-state index in [2.05, 4.69) is 26.1 Å². The summed E-state index contributed by atoms with van der Waals surface area (Å²) in [5.41, 5.74) is 0.0280. The lowest BCUT2D eigenvalue weighted by molar-refractivity contribution is -0.274. The standard InChI is InChI=1S/C11H11F3O3.Cl2O2S/c1-2-6-16-10(15)8-4-3-5-9(7-8)17-11(12,13)14;1-5(2,3)4/h3-5,7H,2,6H2,1H3;. The predicted octanol–water partition coefficient (Wildman–Crippen LogP) is 3.86. The fourth-order valence-corrected chi connectivity index (χ4v) is 1.10. The van der Waals surface area contributed by atoms with Crippen molar-refractivity contribution in [1.82, 2.24) is 0 Å². The smallest absolute Gasteiger partial charge is 0.462 e. The Hall–Kier alpha value is -1.19. The fourth-order valence-electron chi connectivity index (χ4n) is 1.10. The maximum atomic E-state index is 11.9. The van der Waals surface area contributed by atoms with Gasteiger partial charge in [-0.25, -0.2) is 4.79 Å². The highest BCUT2D eigenvalue weighted by molar-refractivity contribution is 8.31. The summed E-state index contributed by atoms with van der Waals surface area (Å²) in [6.45, 7) is 2.04. The minimum atomic E-state index is -4.77. The monoisotopic (exact) mass is 382 g/mol. The lowest BCUT2D eigenvalue weighted by Gasteiger charge is -2.09. The molecule has 11 heteroatoms. The van der Waals surface area contributed by atoms with Gasteiger partial charge in [-0.1, -0.05) is 13.0 Å². The van der Waals surface area contributed by atoms with Crippen molar-refractivity contribution in [2.24, 2.45) is 0 Å². The zero-order valence-electron chi connectivity index (χ0n) is 11.1. The van der Waals surface area contributed by atoms with Gasteiger partial charge < -0.3 is 9.47 Å². The molecule has 0 aliphatic rings. The number of ether oxygens (including phenoxy) is 2. The highest BCUT2D eigenvalue weighted by Crippen LogP contribution is 2.23. The molecular weight excluding hydrogens is 372 g/mol. The van der Waals surface area contributed by atoms with E-state index in [0.717, 1.165) is 12.1 Å². The van der Waals surface area contributed by atoms with Crippen LogP contribution in [0.25, 0.3) is 0 Å². The van der Waals surface area contributed by atoms with Gasteiger partial charge in [0.05, 0.1) is 12.2 Å². The van der Waals surface area contributed by atoms with Gasteiger partial charge in [-0.15, -0.1) is 13.2 Å². The van der Waals surface area contributed by atoms with E-state index >= 15 is 0 Å². The molecule has 126 valence electrons. The van der Waals surface area contributed by atoms with Crippen molar-refractivity contribution < 1.29 is 35.9 Å². The minimum absolute atomic E-state index is 0.0280. The van der Waals surface area contributed by atoms with Crippen LogP contribution in [0.2, 0.25) is 0 Å². The summed E-state index contributed by atoms with van der Waals surface area (Å²) < 4.78 is 62.6. The molecule has 0 spiro atoms. The molecule has 1 aromatic rings. The van der Waals surface area contributed by atoms with Gasteiger partial charge in [0.2, 0.25) is 0 Å². The second-order valence-corrected chi connectivity index (χ2v) is 7.26. The van der Waals surface area contributed by atoms with E-state index in [1.54, 1.807) is 0 Å². The number of carbonyl (C=O) groups is 1. The molecule has 0 unspecified atom stereocenters. The van der Waals surface area contributed by atoms with Crippen LogP contribution in [0.3, 0.4) is 0 Å². The van der Waals surface area contributed by atoms with Gasteiger partial charge in [0.25, 0.3) is 0 Å². The van der Waals surface area contributed by atoms with Crippen molar-refractivity contribution in [1.29, 1.82) is 0 Å². The Labute approximate surface area is 133 Å². The normalized spacial score (nSPS) is 11.2. The Bertz CT molecular complexity index is 582. The van der Waals surface area contributed by atoms with E-state index in [-0.39, 0.29) is 12.2 Å². The third-order valence-corrected chi connectivity index (χ3v) is 1.74. The van der Waals surface area contributed by atoms with E-state index in [0.29, 0.717) is 6.42 Å². The number of alkyl halides is 3. The van der Waals surface area contributed by atoms with Gasteiger partial charge in [0.15, 0.2) is 0 Å². The number of hydrogen-bond donors (Lipinski definition) is 0. The van der Waals surface area contributed by atoms with E-state index in [1.165, 1.54) is 12.1 Å². The number of carbonyl (C=O) groups excluding carboxylic acids is 1. The highest BCUT2D eigenvalue weighted by Gasteiger charge is 2.31. The predicted molar refractivity (Wildman–Crippen MR) is 74.3 cm³/mol. The average molecular weight is 383 g/mol. The van der Waals surface area contributed by atoms with E-state index in [4.69, 9.17) is 13.2 Å². The number of rotatable bonds is 4. The second-order valence-electron chi connectivity index (χ2n) is 3.59. The second kappa shape index (κ2) is 9.06. The number of esters is 1. The van der Waals surface area contributed by atoms with Crippen LogP contribution in [0.5, 0.6) is 5.75 Å². The van der Waals surface area contributed by atoms with Crippen molar-refractivity contribution in [3.63, 3.8) is 0 Å². The van der Waals surface area contributed by atoms with Crippen molar-refractivity contribution in [2.45, 2.75) is 19.7 Å². The minimum Gasteiger partial charge on any atom is -0.462 e. The maximum Gasteiger partial charge on any atom is 0.573 e. The summed E-state index contributed by atoms with van der Waals surface area (Å²) in [6.07, 6.45) is -4.13. The molecule has 0 saturated heterocycles. The largest absolute Gasteiger partial charge is 0.573 e. The molecule has 0 saturated carbocycles. The average Bonchev–Trinajstić information content (AvgIpc) is 2.32. The molecule has 0 aliphatic carbocycles. The first kappa shape index (κ1) is 20.8. The summed E-state index contributed by atoms with van der Waals surface area (Å²) in [6, 6.07) is 4.76. The molecule has 22 heavy (non-hydrogen) atoms. The molecule has 0 aromatic heterocycles. The fraction of sp³-hybridized carbons (Fsp3) is 0.364. The first-order valence-electron chi connectivity index (χ1n) is 5.59. The molecule has 0 heterocycles. The lowest BCUT2D eigenvalue weighted by atomic mass is 10.2. The zero-order valence-corrected chi connectivity index (χ0v) is 13.4. The van der Waals surface area contributed by atoms with Crippen molar-refractivity contribution in [2.75, 3.05) is 6.61 Å². The molecule has 5 nitrogen and oxygen atoms in total. The summed E-state index contributed by atoms with van der Waals surface area (Å²) in [4.78, 5) is 11.4. The summed E-state index contributed by atoms with van der Waals surface area (Å²) >= 11 is 0. The Morgan fingerprint density at radius 2 is 1.82 bits per heavy atom. The summed E-state index contributed by atoms with van der Waals surface area (Å²) in [7, 11) is 4.81. The molecule has 0 N–H and O–H groups in total. The van der Waals surface area contributed by atoms with Gasteiger partial charge in [-0.2, -0.15) is 8.42 Å². The van der Waals surface area contributed by atoms with Gasteiger partial charge in [0.1, 0.15) is 5.75 Å². The number of halogens is 5. The van der Waals surface area contributed by atoms with E-state index < -0.39 is 26.3 Å². The Morgan fingerprint density at radius 3 is 2.27 bits per heavy atom. The molecule has 0 atom stereocenters. The molecule has 1 rings (SSSR count). The van der Waals surface area contributed by atoms with Crippen LogP contribution in [0.1, 0.15) is 23.7 Å². The van der Waals surface area contributed by atoms with Crippen LogP contribution in [0.15, 0.2) is 24.3 Å².